The molecule has 1 N–H and O–H groups in total. The minimum atomic E-state index is -0.133. The summed E-state index contributed by atoms with van der Waals surface area (Å²) in [5.74, 6) is 0.763. The van der Waals surface area contributed by atoms with Crippen LogP contribution in [0.1, 0.15) is 37.0 Å². The molecule has 2 heterocycles. The van der Waals surface area contributed by atoms with Gasteiger partial charge in [-0.05, 0) is 86.3 Å². The van der Waals surface area contributed by atoms with Crippen molar-refractivity contribution in [2.75, 3.05) is 11.5 Å². The highest BCUT2D eigenvalue weighted by molar-refractivity contribution is 8.19. The van der Waals surface area contributed by atoms with E-state index in [1.54, 1.807) is 4.90 Å². The summed E-state index contributed by atoms with van der Waals surface area (Å²) in [4.78, 5) is 20.4. The van der Waals surface area contributed by atoms with Gasteiger partial charge in [0.1, 0.15) is 11.9 Å². The lowest BCUT2D eigenvalue weighted by Gasteiger charge is -2.24. The van der Waals surface area contributed by atoms with Gasteiger partial charge in [-0.3, -0.25) is 14.7 Å². The number of amidine groups is 1. The molecule has 156 valence electrons. The Morgan fingerprint density at radius 1 is 1.30 bits per heavy atom. The molecule has 0 bridgehead atoms. The number of para-hydroxylation sites is 1. The summed E-state index contributed by atoms with van der Waals surface area (Å²) >= 11 is 1.42. The van der Waals surface area contributed by atoms with Gasteiger partial charge in [-0.1, -0.05) is 24.3 Å². The number of ether oxygens (including phenoxy) is 1. The molecule has 0 radical (unpaired) electrons. The first kappa shape index (κ1) is 20.7. The number of hydrogen-bond donors (Lipinski definition) is 1. The minimum Gasteiger partial charge on any atom is -0.488 e. The fourth-order valence-corrected chi connectivity index (χ4v) is 4.75. The topological polar surface area (TPSA) is 62.1 Å². The van der Waals surface area contributed by atoms with Crippen molar-refractivity contribution in [3.05, 3.63) is 64.1 Å². The largest absolute Gasteiger partial charge is 0.488 e. The maximum atomic E-state index is 13.3. The molecule has 1 atom stereocenters. The molecular weight excluding hydrogens is 396 g/mol. The van der Waals surface area contributed by atoms with Gasteiger partial charge in [0, 0.05) is 6.04 Å². The van der Waals surface area contributed by atoms with Crippen molar-refractivity contribution in [3.63, 3.8) is 0 Å². The van der Waals surface area contributed by atoms with Crippen molar-refractivity contribution in [2.24, 2.45) is 4.99 Å². The number of aliphatic hydroxyl groups excluding tert-OH is 1. The second-order valence-electron chi connectivity index (χ2n) is 7.87. The summed E-state index contributed by atoms with van der Waals surface area (Å²) in [5.41, 5.74) is 3.97. The third-order valence-corrected chi connectivity index (χ3v) is 6.13. The zero-order chi connectivity index (χ0) is 21.3. The number of aryl methyl sites for hydroxylation is 2. The summed E-state index contributed by atoms with van der Waals surface area (Å²) in [6.45, 7) is 6.06. The molecular formula is C24H26N2O3S. The Labute approximate surface area is 181 Å². The molecule has 1 unspecified atom stereocenters. The number of carbonyl (C=O) groups excluding carboxylic acids is 1. The average molecular weight is 423 g/mol. The van der Waals surface area contributed by atoms with Gasteiger partial charge in [0.25, 0.3) is 5.91 Å². The van der Waals surface area contributed by atoms with E-state index >= 15 is 0 Å². The fraction of sp³-hybridized carbons (Fsp3) is 0.333. The predicted octanol–water partition coefficient (Wildman–Crippen LogP) is 4.57. The average Bonchev–Trinajstić information content (AvgIpc) is 3.02. The Morgan fingerprint density at radius 2 is 2.10 bits per heavy atom. The molecule has 0 aliphatic carbocycles. The van der Waals surface area contributed by atoms with Gasteiger partial charge in [0.2, 0.25) is 0 Å². The van der Waals surface area contributed by atoms with Crippen LogP contribution >= 0.6 is 11.8 Å². The SMILES string of the molecule is Cc1ccccc1N1C(=O)/C(=C/c2ccc3c(c2)CCC(CO)O3)SC1=NC(C)C. The summed E-state index contributed by atoms with van der Waals surface area (Å²) in [5, 5.41) is 10.0. The van der Waals surface area contributed by atoms with Gasteiger partial charge in [-0.2, -0.15) is 0 Å². The van der Waals surface area contributed by atoms with E-state index in [0.29, 0.717) is 10.1 Å². The molecule has 0 saturated carbocycles. The lowest BCUT2D eigenvalue weighted by molar-refractivity contribution is -0.113. The van der Waals surface area contributed by atoms with Crippen LogP contribution in [0.3, 0.4) is 0 Å². The van der Waals surface area contributed by atoms with Gasteiger partial charge in [0.15, 0.2) is 5.17 Å². The number of aliphatic hydroxyl groups is 1. The number of rotatable bonds is 4. The third kappa shape index (κ3) is 4.16. The first-order valence-electron chi connectivity index (χ1n) is 10.2. The predicted molar refractivity (Wildman–Crippen MR) is 123 cm³/mol. The zero-order valence-corrected chi connectivity index (χ0v) is 18.3. The number of thioether (sulfide) groups is 1. The molecule has 2 aliphatic heterocycles. The van der Waals surface area contributed by atoms with E-state index in [0.717, 1.165) is 41.0 Å². The van der Waals surface area contributed by atoms with Crippen LogP contribution in [-0.2, 0) is 11.2 Å². The van der Waals surface area contributed by atoms with E-state index in [1.807, 2.05) is 63.2 Å². The molecule has 0 aromatic heterocycles. The van der Waals surface area contributed by atoms with Crippen molar-refractivity contribution in [1.82, 2.24) is 0 Å². The molecule has 0 spiro atoms. The van der Waals surface area contributed by atoms with Crippen molar-refractivity contribution in [3.8, 4) is 5.75 Å². The Morgan fingerprint density at radius 3 is 2.83 bits per heavy atom. The van der Waals surface area contributed by atoms with Crippen LogP contribution < -0.4 is 9.64 Å². The van der Waals surface area contributed by atoms with Crippen molar-refractivity contribution < 1.29 is 14.6 Å². The maximum Gasteiger partial charge on any atom is 0.271 e. The van der Waals surface area contributed by atoms with E-state index in [9.17, 15) is 9.90 Å². The Balaban J connectivity index is 1.67. The van der Waals surface area contributed by atoms with E-state index < -0.39 is 0 Å². The molecule has 2 aromatic carbocycles. The van der Waals surface area contributed by atoms with Gasteiger partial charge in [-0.15, -0.1) is 0 Å². The van der Waals surface area contributed by atoms with Gasteiger partial charge < -0.3 is 9.84 Å². The first-order valence-corrected chi connectivity index (χ1v) is 11.1. The van der Waals surface area contributed by atoms with Crippen LogP contribution in [0, 0.1) is 6.92 Å². The molecule has 1 saturated heterocycles. The molecule has 30 heavy (non-hydrogen) atoms. The summed E-state index contributed by atoms with van der Waals surface area (Å²) in [6.07, 6.45) is 3.45. The van der Waals surface area contributed by atoms with Crippen LogP contribution in [0.15, 0.2) is 52.4 Å². The van der Waals surface area contributed by atoms with Crippen LogP contribution in [0.4, 0.5) is 5.69 Å². The van der Waals surface area contributed by atoms with Crippen LogP contribution in [-0.4, -0.2) is 34.9 Å². The highest BCUT2D eigenvalue weighted by Crippen LogP contribution is 2.38. The van der Waals surface area contributed by atoms with E-state index in [-0.39, 0.29) is 24.7 Å². The molecule has 1 fully saturated rings. The number of benzene rings is 2. The number of fused-ring (bicyclic) bond motifs is 1. The van der Waals surface area contributed by atoms with Crippen LogP contribution in [0.2, 0.25) is 0 Å². The molecule has 1 amide bonds. The van der Waals surface area contributed by atoms with Crippen molar-refractivity contribution >= 4 is 34.6 Å². The number of anilines is 1. The Kier molecular flexibility index (Phi) is 5.97. The van der Waals surface area contributed by atoms with E-state index in [2.05, 4.69) is 6.07 Å². The number of aliphatic imine (C=N–C) groups is 1. The molecule has 4 rings (SSSR count). The Bertz CT molecular complexity index is 1030. The smallest absolute Gasteiger partial charge is 0.271 e. The van der Waals surface area contributed by atoms with Crippen molar-refractivity contribution in [2.45, 2.75) is 45.8 Å². The number of carbonyl (C=O) groups is 1. The van der Waals surface area contributed by atoms with Gasteiger partial charge in [-0.25, -0.2) is 0 Å². The summed E-state index contributed by atoms with van der Waals surface area (Å²) in [7, 11) is 0. The standard InChI is InChI=1S/C24H26N2O3S/c1-15(2)25-24-26(20-7-5-4-6-16(20)3)23(28)22(30-24)13-17-8-11-21-18(12-17)9-10-19(14-27)29-21/h4-8,11-13,15,19,27H,9-10,14H2,1-3H3/b22-13-,25-24?. The minimum absolute atomic E-state index is 0.0308. The molecule has 2 aliphatic rings. The van der Waals surface area contributed by atoms with Gasteiger partial charge in [0.05, 0.1) is 17.2 Å². The second kappa shape index (κ2) is 8.66. The first-order chi connectivity index (χ1) is 14.5. The number of nitrogens with zero attached hydrogens (tertiary/aromatic N) is 2. The van der Waals surface area contributed by atoms with Gasteiger partial charge >= 0.3 is 0 Å². The number of hydrogen-bond acceptors (Lipinski definition) is 5. The second-order valence-corrected chi connectivity index (χ2v) is 8.88. The van der Waals surface area contributed by atoms with Crippen LogP contribution in [0.5, 0.6) is 5.75 Å². The lowest BCUT2D eigenvalue weighted by atomic mass is 10.00. The third-order valence-electron chi connectivity index (χ3n) is 5.15. The summed E-state index contributed by atoms with van der Waals surface area (Å²) in [6, 6.07) is 13.9. The van der Waals surface area contributed by atoms with Crippen molar-refractivity contribution in [1.29, 1.82) is 0 Å². The monoisotopic (exact) mass is 422 g/mol. The zero-order valence-electron chi connectivity index (χ0n) is 17.5. The van der Waals surface area contributed by atoms with E-state index in [1.165, 1.54) is 11.8 Å². The molecule has 2 aromatic rings. The normalized spacial score (nSPS) is 21.4. The fourth-order valence-electron chi connectivity index (χ4n) is 3.64. The molecule has 5 nitrogen and oxygen atoms in total. The molecule has 6 heteroatoms. The maximum absolute atomic E-state index is 13.3. The summed E-state index contributed by atoms with van der Waals surface area (Å²) < 4.78 is 5.81. The highest BCUT2D eigenvalue weighted by atomic mass is 32.2. The quantitative estimate of drug-likeness (QED) is 0.734. The van der Waals surface area contributed by atoms with Crippen LogP contribution in [0.25, 0.3) is 6.08 Å². The Hall–Kier alpha value is -2.57. The lowest BCUT2D eigenvalue weighted by Crippen LogP contribution is -2.30. The van der Waals surface area contributed by atoms with E-state index in [4.69, 9.17) is 9.73 Å². The highest BCUT2D eigenvalue weighted by Gasteiger charge is 2.35. The number of amides is 1.